The van der Waals surface area contributed by atoms with Crippen molar-refractivity contribution in [2.75, 3.05) is 0 Å². The number of carbonyl (C=O) groups is 2. The minimum Gasteiger partial charge on any atom is -0.455 e. The molecule has 0 amide bonds. The fourth-order valence-electron chi connectivity index (χ4n) is 4.43. The van der Waals surface area contributed by atoms with Gasteiger partial charge in [-0.25, -0.2) is 9.59 Å². The average Bonchev–Trinajstić information content (AvgIpc) is 3.11. The smallest absolute Gasteiger partial charge is 0.333 e. The van der Waals surface area contributed by atoms with E-state index < -0.39 is 24.5 Å². The van der Waals surface area contributed by atoms with Gasteiger partial charge < -0.3 is 18.9 Å². The van der Waals surface area contributed by atoms with Crippen molar-refractivity contribution < 1.29 is 28.5 Å². The maximum Gasteiger partial charge on any atom is 0.333 e. The monoisotopic (exact) mass is 638 g/mol. The van der Waals surface area contributed by atoms with Crippen LogP contribution in [-0.4, -0.2) is 24.5 Å². The molecular formula is C42H38O6. The van der Waals surface area contributed by atoms with Gasteiger partial charge >= 0.3 is 11.9 Å². The molecule has 0 saturated heterocycles. The summed E-state index contributed by atoms with van der Waals surface area (Å²) in [5, 5.41) is 0. The van der Waals surface area contributed by atoms with Crippen LogP contribution in [0.25, 0.3) is 11.1 Å². The number of benzene rings is 4. The van der Waals surface area contributed by atoms with Gasteiger partial charge in [0.05, 0.1) is 0 Å². The number of esters is 2. The second kappa shape index (κ2) is 18.2. The van der Waals surface area contributed by atoms with Gasteiger partial charge in [0.25, 0.3) is 0 Å². The summed E-state index contributed by atoms with van der Waals surface area (Å²) in [4.78, 5) is 23.1. The molecular weight excluding hydrogens is 600 g/mol. The molecule has 2 unspecified atom stereocenters. The molecule has 0 aromatic heterocycles. The van der Waals surface area contributed by atoms with Crippen molar-refractivity contribution in [2.24, 2.45) is 0 Å². The Kier molecular flexibility index (Phi) is 13.3. The SMILES string of the molecule is C=CC(=O)OC(CCC)Oc1ccc(C#Cc2ccc(-c3ccc(C#Cc4ccc(OC(CCC)OC(=O)C=C)cc4)cc3)cc2)cc1. The zero-order chi connectivity index (χ0) is 34.1. The highest BCUT2D eigenvalue weighted by Crippen LogP contribution is 2.21. The molecule has 4 rings (SSSR count). The highest BCUT2D eigenvalue weighted by atomic mass is 16.7. The Morgan fingerprint density at radius 1 is 0.542 bits per heavy atom. The van der Waals surface area contributed by atoms with E-state index in [2.05, 4.69) is 36.8 Å². The van der Waals surface area contributed by atoms with E-state index in [0.29, 0.717) is 24.3 Å². The van der Waals surface area contributed by atoms with E-state index >= 15 is 0 Å². The van der Waals surface area contributed by atoms with Crippen LogP contribution in [0.15, 0.2) is 122 Å². The maximum atomic E-state index is 11.6. The molecule has 0 aliphatic heterocycles. The number of rotatable bonds is 13. The first-order valence-corrected chi connectivity index (χ1v) is 15.8. The van der Waals surface area contributed by atoms with Crippen LogP contribution in [0, 0.1) is 23.7 Å². The van der Waals surface area contributed by atoms with Crippen LogP contribution in [0.4, 0.5) is 0 Å². The van der Waals surface area contributed by atoms with Crippen LogP contribution in [-0.2, 0) is 19.1 Å². The lowest BCUT2D eigenvalue weighted by molar-refractivity contribution is -0.159. The molecule has 0 bridgehead atoms. The van der Waals surface area contributed by atoms with E-state index in [9.17, 15) is 9.59 Å². The van der Waals surface area contributed by atoms with Crippen molar-refractivity contribution in [3.63, 3.8) is 0 Å². The summed E-state index contributed by atoms with van der Waals surface area (Å²) in [5.41, 5.74) is 5.64. The maximum absolute atomic E-state index is 11.6. The fraction of sp³-hybridized carbons (Fsp3) is 0.190. The van der Waals surface area contributed by atoms with E-state index in [0.717, 1.165) is 58.4 Å². The molecule has 0 aliphatic carbocycles. The van der Waals surface area contributed by atoms with Crippen molar-refractivity contribution in [1.82, 2.24) is 0 Å². The lowest BCUT2D eigenvalue weighted by atomic mass is 10.0. The van der Waals surface area contributed by atoms with Crippen molar-refractivity contribution in [3.8, 4) is 46.3 Å². The molecule has 2 atom stereocenters. The molecule has 0 fully saturated rings. The molecule has 242 valence electrons. The summed E-state index contributed by atoms with van der Waals surface area (Å²) in [6.45, 7) is 10.9. The van der Waals surface area contributed by atoms with E-state index in [-0.39, 0.29) is 0 Å². The van der Waals surface area contributed by atoms with Gasteiger partial charge in [-0.2, -0.15) is 0 Å². The van der Waals surface area contributed by atoms with Crippen LogP contribution < -0.4 is 9.47 Å². The molecule has 0 radical (unpaired) electrons. The Morgan fingerprint density at radius 2 is 0.833 bits per heavy atom. The second-order valence-electron chi connectivity index (χ2n) is 10.7. The zero-order valence-corrected chi connectivity index (χ0v) is 27.2. The normalized spacial score (nSPS) is 11.3. The number of carbonyl (C=O) groups excluding carboxylic acids is 2. The third-order valence-electron chi connectivity index (χ3n) is 6.93. The van der Waals surface area contributed by atoms with Crippen molar-refractivity contribution in [3.05, 3.63) is 145 Å². The Hall–Kier alpha value is -5.98. The summed E-state index contributed by atoms with van der Waals surface area (Å²) in [7, 11) is 0. The summed E-state index contributed by atoms with van der Waals surface area (Å²) in [6, 6.07) is 30.9. The highest BCUT2D eigenvalue weighted by Gasteiger charge is 2.14. The first-order chi connectivity index (χ1) is 23.4. The molecule has 0 N–H and O–H groups in total. The van der Waals surface area contributed by atoms with Crippen molar-refractivity contribution >= 4 is 11.9 Å². The van der Waals surface area contributed by atoms with Gasteiger partial charge in [0.1, 0.15) is 11.5 Å². The van der Waals surface area contributed by atoms with Crippen LogP contribution in [0.5, 0.6) is 11.5 Å². The van der Waals surface area contributed by atoms with Crippen LogP contribution in [0.3, 0.4) is 0 Å². The minimum absolute atomic E-state index is 0.511. The average molecular weight is 639 g/mol. The molecule has 6 nitrogen and oxygen atoms in total. The summed E-state index contributed by atoms with van der Waals surface area (Å²) in [6.07, 6.45) is 3.73. The van der Waals surface area contributed by atoms with Crippen molar-refractivity contribution in [1.29, 1.82) is 0 Å². The Labute approximate surface area is 283 Å². The largest absolute Gasteiger partial charge is 0.455 e. The van der Waals surface area contributed by atoms with E-state index in [4.69, 9.17) is 18.9 Å². The molecule has 48 heavy (non-hydrogen) atoms. The summed E-state index contributed by atoms with van der Waals surface area (Å²) >= 11 is 0. The van der Waals surface area contributed by atoms with Gasteiger partial charge in [-0.3, -0.25) is 0 Å². The third kappa shape index (κ3) is 11.1. The fourth-order valence-corrected chi connectivity index (χ4v) is 4.43. The Morgan fingerprint density at radius 3 is 1.10 bits per heavy atom. The molecule has 4 aromatic rings. The summed E-state index contributed by atoms with van der Waals surface area (Å²) in [5.74, 6) is 12.9. The lowest BCUT2D eigenvalue weighted by Crippen LogP contribution is -2.23. The molecule has 0 aliphatic rings. The van der Waals surface area contributed by atoms with Gasteiger partial charge in [-0.15, -0.1) is 0 Å². The van der Waals surface area contributed by atoms with Crippen LogP contribution in [0.1, 0.15) is 61.8 Å². The number of hydrogen-bond acceptors (Lipinski definition) is 6. The second-order valence-corrected chi connectivity index (χ2v) is 10.7. The Bertz CT molecular complexity index is 1660. The van der Waals surface area contributed by atoms with Gasteiger partial charge in [0.2, 0.25) is 12.6 Å². The first-order valence-electron chi connectivity index (χ1n) is 15.8. The lowest BCUT2D eigenvalue weighted by Gasteiger charge is -2.18. The number of hydrogen-bond donors (Lipinski definition) is 0. The third-order valence-corrected chi connectivity index (χ3v) is 6.93. The minimum atomic E-state index is -0.659. The molecule has 0 heterocycles. The predicted molar refractivity (Wildman–Crippen MR) is 188 cm³/mol. The molecule has 0 saturated carbocycles. The van der Waals surface area contributed by atoms with Gasteiger partial charge in [-0.05, 0) is 96.8 Å². The molecule has 6 heteroatoms. The quantitative estimate of drug-likeness (QED) is 0.0632. The van der Waals surface area contributed by atoms with E-state index in [1.165, 1.54) is 0 Å². The van der Waals surface area contributed by atoms with Crippen LogP contribution >= 0.6 is 0 Å². The molecule has 0 spiro atoms. The summed E-state index contributed by atoms with van der Waals surface area (Å²) < 4.78 is 22.1. The van der Waals surface area contributed by atoms with Gasteiger partial charge in [0.15, 0.2) is 0 Å². The Balaban J connectivity index is 1.32. The standard InChI is InChI=1S/C42H38O6/c1-5-9-41(47-39(43)7-3)45-37-27-19-33(20-28-37)13-11-31-15-23-35(24-16-31)36-25-17-32(18-26-36)12-14-34-21-29-38(30-22-34)46-42(10-6-2)48-40(44)8-4/h7-8,15-30,41-42H,3-6,9-10H2,1-2H3. The first kappa shape index (κ1) is 34.9. The number of ether oxygens (including phenoxy) is 4. The predicted octanol–water partition coefficient (Wildman–Crippen LogP) is 8.62. The van der Waals surface area contributed by atoms with Crippen molar-refractivity contribution in [2.45, 2.75) is 52.1 Å². The van der Waals surface area contributed by atoms with Gasteiger partial charge in [-0.1, -0.05) is 75.0 Å². The van der Waals surface area contributed by atoms with E-state index in [1.54, 1.807) is 0 Å². The topological polar surface area (TPSA) is 71.1 Å². The van der Waals surface area contributed by atoms with Gasteiger partial charge in [0, 0.05) is 47.2 Å². The van der Waals surface area contributed by atoms with Crippen LogP contribution in [0.2, 0.25) is 0 Å². The van der Waals surface area contributed by atoms with E-state index in [1.807, 2.05) is 111 Å². The highest BCUT2D eigenvalue weighted by molar-refractivity contribution is 5.81. The zero-order valence-electron chi connectivity index (χ0n) is 27.2. The molecule has 4 aromatic carbocycles.